The van der Waals surface area contributed by atoms with Crippen molar-refractivity contribution in [1.82, 2.24) is 19.1 Å². The summed E-state index contributed by atoms with van der Waals surface area (Å²) in [7, 11) is 0. The highest BCUT2D eigenvalue weighted by Crippen LogP contribution is 2.24. The van der Waals surface area contributed by atoms with E-state index in [0.717, 1.165) is 12.3 Å². The zero-order chi connectivity index (χ0) is 27.3. The SMILES string of the molecule is C/C=C/N=C(/C=C/n1c(C)cc(OCc2ncc(F)cc2Cl)c(Cl)c1=O)n1ccnc(C(C)(C)O)c1=O. The van der Waals surface area contributed by atoms with Gasteiger partial charge in [0.15, 0.2) is 0 Å². The lowest BCUT2D eigenvalue weighted by Crippen LogP contribution is -2.35. The molecule has 0 aromatic carbocycles. The van der Waals surface area contributed by atoms with Crippen LogP contribution in [0.1, 0.15) is 37.9 Å². The summed E-state index contributed by atoms with van der Waals surface area (Å²) < 4.78 is 21.3. The number of pyridine rings is 2. The van der Waals surface area contributed by atoms with Crippen LogP contribution >= 0.6 is 23.2 Å². The first-order valence-corrected chi connectivity index (χ1v) is 11.7. The van der Waals surface area contributed by atoms with Gasteiger partial charge in [-0.25, -0.2) is 9.38 Å². The first kappa shape index (κ1) is 28.0. The Hall–Kier alpha value is -3.60. The van der Waals surface area contributed by atoms with Crippen LogP contribution in [-0.2, 0) is 12.2 Å². The number of rotatable bonds is 7. The van der Waals surface area contributed by atoms with Crippen LogP contribution in [0.3, 0.4) is 0 Å². The molecule has 0 atom stereocenters. The molecule has 0 saturated heterocycles. The number of aliphatic imine (C=N–C) groups is 1. The lowest BCUT2D eigenvalue weighted by molar-refractivity contribution is 0.0719. The Bertz CT molecular complexity index is 1520. The zero-order valence-corrected chi connectivity index (χ0v) is 22.0. The number of aryl methyl sites for hydroxylation is 1. The fourth-order valence-electron chi connectivity index (χ4n) is 3.17. The van der Waals surface area contributed by atoms with Gasteiger partial charge < -0.3 is 9.84 Å². The van der Waals surface area contributed by atoms with E-state index in [4.69, 9.17) is 27.9 Å². The summed E-state index contributed by atoms with van der Waals surface area (Å²) in [5.41, 5.74) is -1.95. The second-order valence-corrected chi connectivity index (χ2v) is 9.09. The molecule has 0 unspecified atom stereocenters. The lowest BCUT2D eigenvalue weighted by atomic mass is 10.1. The number of ether oxygens (including phenoxy) is 1. The van der Waals surface area contributed by atoms with Crippen LogP contribution in [0, 0.1) is 12.7 Å². The van der Waals surface area contributed by atoms with Gasteiger partial charge in [0.2, 0.25) is 0 Å². The second kappa shape index (κ2) is 11.6. The molecule has 9 nitrogen and oxygen atoms in total. The molecule has 1 N–H and O–H groups in total. The number of nitrogens with zero attached hydrogens (tertiary/aromatic N) is 5. The minimum Gasteiger partial charge on any atom is -0.485 e. The number of aromatic nitrogens is 4. The molecule has 194 valence electrons. The largest absolute Gasteiger partial charge is 0.485 e. The molecule has 3 aromatic rings. The fraction of sp³-hybridized carbons (Fsp3) is 0.240. The Morgan fingerprint density at radius 1 is 1.24 bits per heavy atom. The maximum Gasteiger partial charge on any atom is 0.280 e. The minimum atomic E-state index is -1.47. The average molecular weight is 548 g/mol. The van der Waals surface area contributed by atoms with Crippen molar-refractivity contribution in [3.8, 4) is 5.75 Å². The summed E-state index contributed by atoms with van der Waals surface area (Å²) in [5, 5.41) is 10.2. The van der Waals surface area contributed by atoms with Crippen LogP contribution in [-0.4, -0.2) is 30.0 Å². The fourth-order valence-corrected chi connectivity index (χ4v) is 3.58. The molecule has 12 heteroatoms. The third-order valence-electron chi connectivity index (χ3n) is 4.99. The molecule has 0 radical (unpaired) electrons. The highest BCUT2D eigenvalue weighted by atomic mass is 35.5. The van der Waals surface area contributed by atoms with Crippen molar-refractivity contribution in [2.45, 2.75) is 39.9 Å². The molecular formula is C25H24Cl2FN5O4. The Labute approximate surface area is 221 Å². The number of allylic oxidation sites excluding steroid dienone is 2. The van der Waals surface area contributed by atoms with E-state index in [-0.39, 0.29) is 39.6 Å². The van der Waals surface area contributed by atoms with Crippen LogP contribution in [0.15, 0.2) is 63.7 Å². The average Bonchev–Trinajstić information content (AvgIpc) is 2.83. The number of hydrogen-bond donors (Lipinski definition) is 1. The third kappa shape index (κ3) is 6.59. The molecule has 0 saturated carbocycles. The van der Waals surface area contributed by atoms with Gasteiger partial charge in [-0.05, 0) is 39.8 Å². The van der Waals surface area contributed by atoms with Gasteiger partial charge >= 0.3 is 0 Å². The van der Waals surface area contributed by atoms with Gasteiger partial charge in [-0.1, -0.05) is 29.3 Å². The molecule has 0 fully saturated rings. The van der Waals surface area contributed by atoms with Gasteiger partial charge in [-0.2, -0.15) is 0 Å². The van der Waals surface area contributed by atoms with Gasteiger partial charge in [0, 0.05) is 36.6 Å². The van der Waals surface area contributed by atoms with E-state index in [9.17, 15) is 19.1 Å². The van der Waals surface area contributed by atoms with Crippen molar-refractivity contribution >= 4 is 35.2 Å². The van der Waals surface area contributed by atoms with Crippen LogP contribution in [0.4, 0.5) is 4.39 Å². The summed E-state index contributed by atoms with van der Waals surface area (Å²) in [6.45, 7) is 6.19. The van der Waals surface area contributed by atoms with Crippen molar-refractivity contribution in [3.63, 3.8) is 0 Å². The van der Waals surface area contributed by atoms with Crippen LogP contribution < -0.4 is 15.9 Å². The molecule has 0 spiro atoms. The molecule has 0 aliphatic carbocycles. The summed E-state index contributed by atoms with van der Waals surface area (Å²) in [6.07, 6.45) is 9.78. The second-order valence-electron chi connectivity index (χ2n) is 8.31. The Morgan fingerprint density at radius 3 is 2.62 bits per heavy atom. The summed E-state index contributed by atoms with van der Waals surface area (Å²) in [6, 6.07) is 2.65. The molecule has 3 aromatic heterocycles. The van der Waals surface area contributed by atoms with Crippen LogP contribution in [0.5, 0.6) is 5.75 Å². The van der Waals surface area contributed by atoms with Gasteiger partial charge in [0.25, 0.3) is 11.1 Å². The molecule has 37 heavy (non-hydrogen) atoms. The van der Waals surface area contributed by atoms with Crippen molar-refractivity contribution in [1.29, 1.82) is 0 Å². The summed E-state index contributed by atoms with van der Waals surface area (Å²) in [5.74, 6) is -0.325. The lowest BCUT2D eigenvalue weighted by Gasteiger charge is -2.17. The normalized spacial score (nSPS) is 12.6. The van der Waals surface area contributed by atoms with E-state index in [0.29, 0.717) is 5.69 Å². The molecular weight excluding hydrogens is 524 g/mol. The van der Waals surface area contributed by atoms with Gasteiger partial charge in [-0.3, -0.25) is 28.7 Å². The number of hydrogen-bond acceptors (Lipinski definition) is 7. The highest BCUT2D eigenvalue weighted by molar-refractivity contribution is 6.32. The first-order valence-electron chi connectivity index (χ1n) is 11.0. The monoisotopic (exact) mass is 547 g/mol. The third-order valence-corrected chi connectivity index (χ3v) is 5.66. The topological polar surface area (TPSA) is 112 Å². The minimum absolute atomic E-state index is 0.0646. The van der Waals surface area contributed by atoms with Crippen molar-refractivity contribution < 1.29 is 14.2 Å². The molecule has 0 bridgehead atoms. The van der Waals surface area contributed by atoms with Crippen LogP contribution in [0.25, 0.3) is 6.20 Å². The molecule has 0 aliphatic heterocycles. The van der Waals surface area contributed by atoms with E-state index >= 15 is 0 Å². The number of halogens is 3. The van der Waals surface area contributed by atoms with E-state index in [1.54, 1.807) is 26.0 Å². The van der Waals surface area contributed by atoms with E-state index < -0.39 is 22.5 Å². The highest BCUT2D eigenvalue weighted by Gasteiger charge is 2.23. The van der Waals surface area contributed by atoms with Gasteiger partial charge in [0.05, 0.1) is 16.9 Å². The Balaban J connectivity index is 1.97. The summed E-state index contributed by atoms with van der Waals surface area (Å²) in [4.78, 5) is 38.1. The maximum absolute atomic E-state index is 13.2. The van der Waals surface area contributed by atoms with Gasteiger partial charge in [0.1, 0.15) is 40.3 Å². The number of aliphatic hydroxyl groups is 1. The predicted molar refractivity (Wildman–Crippen MR) is 141 cm³/mol. The standard InChI is InChI=1S/C25H24Cl2FN5O4/c1-5-7-29-20(33-10-8-30-22(24(33)35)25(3,4)36)6-9-32-15(2)11-19(21(27)23(32)34)37-14-18-17(26)12-16(28)13-31-18/h5-13,36H,14H2,1-4H3/b7-5+,9-6+,29-20-. The zero-order valence-electron chi connectivity index (χ0n) is 20.4. The maximum atomic E-state index is 13.2. The van der Waals surface area contributed by atoms with E-state index in [1.807, 2.05) is 0 Å². The molecule has 3 rings (SSSR count). The van der Waals surface area contributed by atoms with Crippen molar-refractivity contribution in [2.24, 2.45) is 4.99 Å². The Kier molecular flexibility index (Phi) is 8.80. The van der Waals surface area contributed by atoms with Crippen LogP contribution in [0.2, 0.25) is 10.0 Å². The van der Waals surface area contributed by atoms with Gasteiger partial charge in [-0.15, -0.1) is 0 Å². The van der Waals surface area contributed by atoms with E-state index in [2.05, 4.69) is 15.0 Å². The smallest absolute Gasteiger partial charge is 0.280 e. The molecule has 0 aliphatic rings. The Morgan fingerprint density at radius 2 is 1.97 bits per heavy atom. The summed E-state index contributed by atoms with van der Waals surface area (Å²) >= 11 is 12.3. The molecule has 3 heterocycles. The quantitative estimate of drug-likeness (QED) is 0.348. The van der Waals surface area contributed by atoms with Crippen molar-refractivity contribution in [2.75, 3.05) is 0 Å². The van der Waals surface area contributed by atoms with Crippen molar-refractivity contribution in [3.05, 3.63) is 103 Å². The first-order chi connectivity index (χ1) is 17.4. The van der Waals surface area contributed by atoms with E-state index in [1.165, 1.54) is 53.9 Å². The molecule has 0 amide bonds. The predicted octanol–water partition coefficient (Wildman–Crippen LogP) is 4.31.